The van der Waals surface area contributed by atoms with Crippen molar-refractivity contribution in [3.05, 3.63) is 77.7 Å². The van der Waals surface area contributed by atoms with Crippen LogP contribution in [-0.4, -0.2) is 14.7 Å². The first-order valence-corrected chi connectivity index (χ1v) is 7.00. The van der Waals surface area contributed by atoms with Crippen molar-refractivity contribution >= 4 is 0 Å². The Morgan fingerprint density at radius 3 is 2.59 bits per heavy atom. The first-order chi connectivity index (χ1) is 10.8. The van der Waals surface area contributed by atoms with Crippen LogP contribution in [-0.2, 0) is 13.2 Å². The van der Waals surface area contributed by atoms with Gasteiger partial charge in [-0.2, -0.15) is 5.26 Å². The van der Waals surface area contributed by atoms with Gasteiger partial charge in [0.05, 0.1) is 36.5 Å². The lowest BCUT2D eigenvalue weighted by atomic mass is 10.1. The van der Waals surface area contributed by atoms with E-state index in [1.54, 1.807) is 12.5 Å². The third-order valence-corrected chi connectivity index (χ3v) is 3.61. The fourth-order valence-electron chi connectivity index (χ4n) is 2.46. The Hall–Kier alpha value is -2.90. The molecule has 1 aromatic heterocycles. The Kier molecular flexibility index (Phi) is 3.99. The second kappa shape index (κ2) is 6.25. The van der Waals surface area contributed by atoms with Crippen molar-refractivity contribution in [3.8, 4) is 17.3 Å². The highest BCUT2D eigenvalue weighted by atomic mass is 16.3. The largest absolute Gasteiger partial charge is 0.392 e. The molecule has 4 heteroatoms. The first kappa shape index (κ1) is 14.1. The van der Waals surface area contributed by atoms with Crippen LogP contribution < -0.4 is 0 Å². The molecule has 3 aromatic rings. The molecule has 0 radical (unpaired) electrons. The molecule has 0 spiro atoms. The monoisotopic (exact) mass is 289 g/mol. The number of nitrogens with zero attached hydrogens (tertiary/aromatic N) is 3. The third-order valence-electron chi connectivity index (χ3n) is 3.61. The molecule has 22 heavy (non-hydrogen) atoms. The van der Waals surface area contributed by atoms with Crippen molar-refractivity contribution in [1.29, 1.82) is 5.26 Å². The lowest BCUT2D eigenvalue weighted by Crippen LogP contribution is -2.02. The molecule has 0 aliphatic heterocycles. The van der Waals surface area contributed by atoms with Gasteiger partial charge in [0.1, 0.15) is 0 Å². The van der Waals surface area contributed by atoms with Crippen molar-refractivity contribution in [1.82, 2.24) is 9.55 Å². The second-order valence-electron chi connectivity index (χ2n) is 5.03. The Morgan fingerprint density at radius 1 is 1.09 bits per heavy atom. The lowest BCUT2D eigenvalue weighted by Gasteiger charge is -2.11. The van der Waals surface area contributed by atoms with E-state index in [-0.39, 0.29) is 6.61 Å². The number of aliphatic hydroxyl groups is 1. The number of hydrogen-bond donors (Lipinski definition) is 1. The van der Waals surface area contributed by atoms with Crippen molar-refractivity contribution in [2.45, 2.75) is 13.2 Å². The van der Waals surface area contributed by atoms with Crippen LogP contribution in [0, 0.1) is 11.3 Å². The number of imidazole rings is 1. The summed E-state index contributed by atoms with van der Waals surface area (Å²) in [5, 5.41) is 18.3. The van der Waals surface area contributed by atoms with Crippen LogP contribution in [0.1, 0.15) is 16.7 Å². The van der Waals surface area contributed by atoms with Gasteiger partial charge in [-0.25, -0.2) is 4.98 Å². The minimum atomic E-state index is -0.00177. The van der Waals surface area contributed by atoms with Crippen LogP contribution in [0.25, 0.3) is 11.3 Å². The number of aromatic nitrogens is 2. The first-order valence-electron chi connectivity index (χ1n) is 7.00. The molecule has 0 aliphatic rings. The zero-order valence-corrected chi connectivity index (χ0v) is 12.0. The molecule has 0 unspecified atom stereocenters. The van der Waals surface area contributed by atoms with E-state index in [1.807, 2.05) is 53.1 Å². The Balaban J connectivity index is 1.93. The van der Waals surface area contributed by atoms with E-state index >= 15 is 0 Å². The predicted molar refractivity (Wildman–Crippen MR) is 83.8 cm³/mol. The summed E-state index contributed by atoms with van der Waals surface area (Å²) >= 11 is 0. The van der Waals surface area contributed by atoms with Gasteiger partial charge in [0, 0.05) is 12.1 Å². The zero-order chi connectivity index (χ0) is 15.4. The van der Waals surface area contributed by atoms with E-state index in [4.69, 9.17) is 5.26 Å². The number of nitriles is 1. The van der Waals surface area contributed by atoms with Gasteiger partial charge >= 0.3 is 0 Å². The average molecular weight is 289 g/mol. The second-order valence-corrected chi connectivity index (χ2v) is 5.03. The van der Waals surface area contributed by atoms with Crippen LogP contribution in [0.5, 0.6) is 0 Å². The van der Waals surface area contributed by atoms with E-state index < -0.39 is 0 Å². The fraction of sp³-hybridized carbons (Fsp3) is 0.111. The van der Waals surface area contributed by atoms with E-state index in [0.717, 1.165) is 22.4 Å². The van der Waals surface area contributed by atoms with Gasteiger partial charge in [-0.05, 0) is 23.3 Å². The molecule has 1 N–H and O–H groups in total. The van der Waals surface area contributed by atoms with Crippen molar-refractivity contribution in [2.75, 3.05) is 0 Å². The maximum Gasteiger partial charge on any atom is 0.0991 e. The molecule has 4 nitrogen and oxygen atoms in total. The van der Waals surface area contributed by atoms with Gasteiger partial charge < -0.3 is 9.67 Å². The van der Waals surface area contributed by atoms with E-state index in [1.165, 1.54) is 0 Å². The SMILES string of the molecule is N#Cc1ccc(Cn2cncc2-c2ccccc2CO)cc1. The minimum absolute atomic E-state index is 0.00177. The Labute approximate surface area is 128 Å². The summed E-state index contributed by atoms with van der Waals surface area (Å²) in [5.74, 6) is 0. The van der Waals surface area contributed by atoms with Crippen LogP contribution in [0.15, 0.2) is 61.1 Å². The van der Waals surface area contributed by atoms with Gasteiger partial charge in [-0.15, -0.1) is 0 Å². The topological polar surface area (TPSA) is 61.8 Å². The minimum Gasteiger partial charge on any atom is -0.392 e. The highest BCUT2D eigenvalue weighted by Crippen LogP contribution is 2.24. The Morgan fingerprint density at radius 2 is 1.86 bits per heavy atom. The van der Waals surface area contributed by atoms with Crippen LogP contribution >= 0.6 is 0 Å². The van der Waals surface area contributed by atoms with E-state index in [2.05, 4.69) is 11.1 Å². The number of rotatable bonds is 4. The maximum absolute atomic E-state index is 9.50. The molecular weight excluding hydrogens is 274 g/mol. The third kappa shape index (κ3) is 2.76. The van der Waals surface area contributed by atoms with E-state index in [0.29, 0.717) is 12.1 Å². The predicted octanol–water partition coefficient (Wildman–Crippen LogP) is 2.96. The molecule has 0 saturated carbocycles. The smallest absolute Gasteiger partial charge is 0.0991 e. The lowest BCUT2D eigenvalue weighted by molar-refractivity contribution is 0.282. The Bertz CT molecular complexity index is 813. The quantitative estimate of drug-likeness (QED) is 0.803. The summed E-state index contributed by atoms with van der Waals surface area (Å²) in [4.78, 5) is 4.23. The highest BCUT2D eigenvalue weighted by molar-refractivity contribution is 5.63. The summed E-state index contributed by atoms with van der Waals surface area (Å²) in [6, 6.07) is 17.4. The molecule has 1 heterocycles. The summed E-state index contributed by atoms with van der Waals surface area (Å²) < 4.78 is 2.04. The van der Waals surface area contributed by atoms with Crippen LogP contribution in [0.3, 0.4) is 0 Å². The van der Waals surface area contributed by atoms with Gasteiger partial charge in [-0.1, -0.05) is 36.4 Å². The van der Waals surface area contributed by atoms with Crippen LogP contribution in [0.4, 0.5) is 0 Å². The average Bonchev–Trinajstić information content (AvgIpc) is 3.03. The number of aliphatic hydroxyl groups excluding tert-OH is 1. The van der Waals surface area contributed by atoms with Gasteiger partial charge in [0.15, 0.2) is 0 Å². The van der Waals surface area contributed by atoms with Gasteiger partial charge in [0.25, 0.3) is 0 Å². The van der Waals surface area contributed by atoms with Crippen LogP contribution in [0.2, 0.25) is 0 Å². The van der Waals surface area contributed by atoms with Gasteiger partial charge in [0.2, 0.25) is 0 Å². The zero-order valence-electron chi connectivity index (χ0n) is 12.0. The summed E-state index contributed by atoms with van der Waals surface area (Å²) in [6.07, 6.45) is 3.58. The highest BCUT2D eigenvalue weighted by Gasteiger charge is 2.09. The molecule has 0 aliphatic carbocycles. The molecule has 0 bridgehead atoms. The van der Waals surface area contributed by atoms with Crippen molar-refractivity contribution in [2.24, 2.45) is 0 Å². The molecule has 0 saturated heterocycles. The molecule has 108 valence electrons. The van der Waals surface area contributed by atoms with Gasteiger partial charge in [-0.3, -0.25) is 0 Å². The summed E-state index contributed by atoms with van der Waals surface area (Å²) in [5.41, 5.74) is 4.58. The summed E-state index contributed by atoms with van der Waals surface area (Å²) in [6.45, 7) is 0.666. The van der Waals surface area contributed by atoms with Crippen molar-refractivity contribution < 1.29 is 5.11 Å². The standard InChI is InChI=1S/C18H15N3O/c19-9-14-5-7-15(8-6-14)11-21-13-20-10-18(21)17-4-2-1-3-16(17)12-22/h1-8,10,13,22H,11-12H2. The molecule has 0 fully saturated rings. The van der Waals surface area contributed by atoms with E-state index in [9.17, 15) is 5.11 Å². The maximum atomic E-state index is 9.50. The number of benzene rings is 2. The molecule has 0 amide bonds. The fourth-order valence-corrected chi connectivity index (χ4v) is 2.46. The normalized spacial score (nSPS) is 10.4. The van der Waals surface area contributed by atoms with Crippen molar-refractivity contribution in [3.63, 3.8) is 0 Å². The summed E-state index contributed by atoms with van der Waals surface area (Å²) in [7, 11) is 0. The molecule has 2 aromatic carbocycles. The molecule has 3 rings (SSSR count). The molecular formula is C18H15N3O. The number of hydrogen-bond acceptors (Lipinski definition) is 3. The molecule has 0 atom stereocenters.